The SMILES string of the molecule is COC(=O)C(C)n1nnc(C2(C3CCCCC3)C=CN(C(=O)c3ccc(Cl)cc3)C=C2)n1. The molecule has 1 aliphatic carbocycles. The molecule has 2 aromatic rings. The number of rotatable bonds is 5. The lowest BCUT2D eigenvalue weighted by molar-refractivity contribution is -0.144. The summed E-state index contributed by atoms with van der Waals surface area (Å²) in [7, 11) is 1.33. The number of aromatic nitrogens is 4. The molecule has 2 heterocycles. The maximum Gasteiger partial charge on any atom is 0.332 e. The van der Waals surface area contributed by atoms with Gasteiger partial charge >= 0.3 is 5.97 Å². The van der Waals surface area contributed by atoms with Gasteiger partial charge in [0, 0.05) is 23.0 Å². The first-order valence-electron chi connectivity index (χ1n) is 10.8. The second kappa shape index (κ2) is 9.24. The summed E-state index contributed by atoms with van der Waals surface area (Å²) in [5.74, 6) is 0.214. The lowest BCUT2D eigenvalue weighted by Crippen LogP contribution is -2.38. The van der Waals surface area contributed by atoms with Crippen LogP contribution in [0.5, 0.6) is 0 Å². The van der Waals surface area contributed by atoms with Crippen molar-refractivity contribution in [3.05, 3.63) is 65.2 Å². The molecule has 4 rings (SSSR count). The number of allylic oxidation sites excluding steroid dienone is 2. The van der Waals surface area contributed by atoms with Gasteiger partial charge in [0.2, 0.25) is 0 Å². The van der Waals surface area contributed by atoms with Crippen LogP contribution in [0.4, 0.5) is 0 Å². The topological polar surface area (TPSA) is 90.2 Å². The summed E-state index contributed by atoms with van der Waals surface area (Å²) in [6.07, 6.45) is 13.1. The molecular formula is C23H26ClN5O3. The average Bonchev–Trinajstić information content (AvgIpc) is 3.34. The first-order chi connectivity index (χ1) is 15.4. The van der Waals surface area contributed by atoms with Gasteiger partial charge in [-0.25, -0.2) is 4.79 Å². The maximum absolute atomic E-state index is 12.9. The molecule has 9 heteroatoms. The number of hydrogen-bond acceptors (Lipinski definition) is 6. The Kier molecular flexibility index (Phi) is 6.41. The number of methoxy groups -OCH3 is 1. The molecule has 0 spiro atoms. The van der Waals surface area contributed by atoms with Gasteiger partial charge in [-0.15, -0.1) is 15.0 Å². The maximum atomic E-state index is 12.9. The average molecular weight is 456 g/mol. The van der Waals surface area contributed by atoms with Crippen LogP contribution >= 0.6 is 11.6 Å². The molecule has 0 saturated heterocycles. The molecule has 8 nitrogen and oxygen atoms in total. The first-order valence-corrected chi connectivity index (χ1v) is 11.2. The van der Waals surface area contributed by atoms with E-state index in [2.05, 4.69) is 15.4 Å². The first kappa shape index (κ1) is 22.2. The monoisotopic (exact) mass is 455 g/mol. The molecule has 2 aliphatic rings. The van der Waals surface area contributed by atoms with Crippen LogP contribution < -0.4 is 0 Å². The van der Waals surface area contributed by atoms with E-state index in [4.69, 9.17) is 16.3 Å². The van der Waals surface area contributed by atoms with Gasteiger partial charge < -0.3 is 4.74 Å². The van der Waals surface area contributed by atoms with Gasteiger partial charge in [-0.1, -0.05) is 30.9 Å². The molecule has 32 heavy (non-hydrogen) atoms. The summed E-state index contributed by atoms with van der Waals surface area (Å²) in [4.78, 5) is 27.7. The van der Waals surface area contributed by atoms with E-state index in [-0.39, 0.29) is 11.8 Å². The highest BCUT2D eigenvalue weighted by atomic mass is 35.5. The fraction of sp³-hybridized carbons (Fsp3) is 0.435. The minimum Gasteiger partial charge on any atom is -0.467 e. The number of esters is 1. The Morgan fingerprint density at radius 1 is 1.12 bits per heavy atom. The second-order valence-corrected chi connectivity index (χ2v) is 8.69. The van der Waals surface area contributed by atoms with Gasteiger partial charge in [0.1, 0.15) is 0 Å². The van der Waals surface area contributed by atoms with Crippen molar-refractivity contribution in [3.63, 3.8) is 0 Å². The number of hydrogen-bond donors (Lipinski definition) is 0. The van der Waals surface area contributed by atoms with E-state index >= 15 is 0 Å². The number of carbonyl (C=O) groups is 2. The smallest absolute Gasteiger partial charge is 0.332 e. The van der Waals surface area contributed by atoms with E-state index in [0.717, 1.165) is 25.7 Å². The molecule has 1 amide bonds. The van der Waals surface area contributed by atoms with Crippen molar-refractivity contribution in [2.24, 2.45) is 5.92 Å². The Bertz CT molecular complexity index is 1030. The third kappa shape index (κ3) is 4.19. The Balaban J connectivity index is 1.64. The van der Waals surface area contributed by atoms with E-state index in [0.29, 0.717) is 16.4 Å². The van der Waals surface area contributed by atoms with Crippen molar-refractivity contribution in [1.82, 2.24) is 25.1 Å². The van der Waals surface area contributed by atoms with Crippen LogP contribution in [0, 0.1) is 5.92 Å². The molecule has 1 unspecified atom stereocenters. The zero-order valence-corrected chi connectivity index (χ0v) is 18.9. The van der Waals surface area contributed by atoms with Crippen LogP contribution in [-0.4, -0.2) is 44.1 Å². The van der Waals surface area contributed by atoms with Gasteiger partial charge in [-0.3, -0.25) is 9.69 Å². The highest BCUT2D eigenvalue weighted by Crippen LogP contribution is 2.43. The minimum absolute atomic E-state index is 0.151. The number of amides is 1. The molecule has 1 aliphatic heterocycles. The Morgan fingerprint density at radius 3 is 2.41 bits per heavy atom. The van der Waals surface area contributed by atoms with Crippen LogP contribution in [0.2, 0.25) is 5.02 Å². The van der Waals surface area contributed by atoms with Crippen LogP contribution in [0.3, 0.4) is 0 Å². The van der Waals surface area contributed by atoms with Gasteiger partial charge in [0.15, 0.2) is 11.9 Å². The van der Waals surface area contributed by atoms with Crippen molar-refractivity contribution >= 4 is 23.5 Å². The van der Waals surface area contributed by atoms with Crippen molar-refractivity contribution in [3.8, 4) is 0 Å². The zero-order chi connectivity index (χ0) is 22.7. The molecule has 0 radical (unpaired) electrons. The lowest BCUT2D eigenvalue weighted by atomic mass is 9.67. The number of nitrogens with zero attached hydrogens (tertiary/aromatic N) is 5. The molecular weight excluding hydrogens is 430 g/mol. The number of benzene rings is 1. The fourth-order valence-electron chi connectivity index (χ4n) is 4.40. The number of carbonyl (C=O) groups excluding carboxylic acids is 2. The van der Waals surface area contributed by atoms with E-state index in [1.165, 1.54) is 18.3 Å². The minimum atomic E-state index is -0.677. The van der Waals surface area contributed by atoms with Gasteiger partial charge in [-0.05, 0) is 67.3 Å². The molecule has 1 atom stereocenters. The molecule has 0 bridgehead atoms. The van der Waals surface area contributed by atoms with Gasteiger partial charge in [-0.2, -0.15) is 0 Å². The van der Waals surface area contributed by atoms with Gasteiger partial charge in [0.05, 0.1) is 12.5 Å². The number of tetrazole rings is 1. The molecule has 1 aromatic heterocycles. The quantitative estimate of drug-likeness (QED) is 0.631. The van der Waals surface area contributed by atoms with E-state index in [1.54, 1.807) is 48.5 Å². The third-order valence-corrected chi connectivity index (χ3v) is 6.58. The Morgan fingerprint density at radius 2 is 1.78 bits per heavy atom. The molecule has 1 saturated carbocycles. The fourth-order valence-corrected chi connectivity index (χ4v) is 4.53. The van der Waals surface area contributed by atoms with Crippen LogP contribution in [0.1, 0.15) is 61.3 Å². The van der Waals surface area contributed by atoms with Crippen LogP contribution in [0.15, 0.2) is 48.8 Å². The molecule has 168 valence electrons. The lowest BCUT2D eigenvalue weighted by Gasteiger charge is -2.38. The van der Waals surface area contributed by atoms with Crippen molar-refractivity contribution in [1.29, 1.82) is 0 Å². The predicted octanol–water partition coefficient (Wildman–Crippen LogP) is 4.06. The number of ether oxygens (including phenoxy) is 1. The normalized spacial score (nSPS) is 19.0. The van der Waals surface area contributed by atoms with Crippen LogP contribution in [0.25, 0.3) is 0 Å². The molecule has 1 aromatic carbocycles. The summed E-state index contributed by atoms with van der Waals surface area (Å²) in [5.41, 5.74) is -0.0458. The van der Waals surface area contributed by atoms with E-state index in [1.807, 2.05) is 12.2 Å². The van der Waals surface area contributed by atoms with Crippen molar-refractivity contribution < 1.29 is 14.3 Å². The Labute approximate surface area is 191 Å². The van der Waals surface area contributed by atoms with Crippen molar-refractivity contribution in [2.45, 2.75) is 50.5 Å². The summed E-state index contributed by atoms with van der Waals surface area (Å²) in [5, 5.41) is 13.6. The van der Waals surface area contributed by atoms with E-state index in [9.17, 15) is 9.59 Å². The largest absolute Gasteiger partial charge is 0.467 e. The number of halogens is 1. The van der Waals surface area contributed by atoms with Crippen molar-refractivity contribution in [2.75, 3.05) is 7.11 Å². The van der Waals surface area contributed by atoms with E-state index < -0.39 is 17.4 Å². The molecule has 0 N–H and O–H groups in total. The third-order valence-electron chi connectivity index (χ3n) is 6.33. The predicted molar refractivity (Wildman–Crippen MR) is 119 cm³/mol. The zero-order valence-electron chi connectivity index (χ0n) is 18.1. The highest BCUT2D eigenvalue weighted by molar-refractivity contribution is 6.30. The Hall–Kier alpha value is -3.00. The summed E-state index contributed by atoms with van der Waals surface area (Å²) in [6, 6.07) is 6.13. The summed E-state index contributed by atoms with van der Waals surface area (Å²) >= 11 is 5.94. The summed E-state index contributed by atoms with van der Waals surface area (Å²) in [6.45, 7) is 1.67. The van der Waals surface area contributed by atoms with Crippen LogP contribution in [-0.2, 0) is 14.9 Å². The standard InChI is InChI=1S/C23H26ClN5O3/c1-16(21(31)32-2)29-26-22(25-27-29)23(18-6-4-3-5-7-18)12-14-28(15-13-23)20(30)17-8-10-19(24)11-9-17/h8-16,18H,3-7H2,1-2H3. The second-order valence-electron chi connectivity index (χ2n) is 8.25. The molecule has 1 fully saturated rings. The van der Waals surface area contributed by atoms with Gasteiger partial charge in [0.25, 0.3) is 5.91 Å². The highest BCUT2D eigenvalue weighted by Gasteiger charge is 2.42. The summed E-state index contributed by atoms with van der Waals surface area (Å²) < 4.78 is 4.80.